The van der Waals surface area contributed by atoms with Gasteiger partial charge in [0.2, 0.25) is 5.89 Å². The molecule has 1 aromatic carbocycles. The third-order valence-corrected chi connectivity index (χ3v) is 5.87. The number of nitrogens with zero attached hydrogens (tertiary/aromatic N) is 6. The lowest BCUT2D eigenvalue weighted by Gasteiger charge is -2.29. The SMILES string of the molecule is Cc1ccc(-c2cc3c(=O)n(Cc4noc(CN5CCC[C@H](C)C5)n4)ccn3n2)cc1. The number of aromatic nitrogens is 5. The summed E-state index contributed by atoms with van der Waals surface area (Å²) in [4.78, 5) is 19.9. The van der Waals surface area contributed by atoms with Crippen LogP contribution in [0, 0.1) is 12.8 Å². The zero-order valence-corrected chi connectivity index (χ0v) is 17.9. The Morgan fingerprint density at radius 2 is 2.00 bits per heavy atom. The molecule has 1 saturated heterocycles. The zero-order valence-electron chi connectivity index (χ0n) is 17.9. The van der Waals surface area contributed by atoms with E-state index in [2.05, 4.69) is 27.1 Å². The number of hydrogen-bond acceptors (Lipinski definition) is 6. The van der Waals surface area contributed by atoms with Crippen molar-refractivity contribution in [2.24, 2.45) is 5.92 Å². The molecule has 0 bridgehead atoms. The van der Waals surface area contributed by atoms with Gasteiger partial charge in [-0.1, -0.05) is 41.9 Å². The number of aryl methyl sites for hydroxylation is 1. The number of rotatable bonds is 5. The molecular formula is C23H26N6O2. The molecule has 1 aliphatic rings. The van der Waals surface area contributed by atoms with E-state index in [0.717, 1.165) is 24.3 Å². The van der Waals surface area contributed by atoms with Crippen molar-refractivity contribution in [3.8, 4) is 11.3 Å². The standard InChI is InChI=1S/C23H26N6O2/c1-16-5-7-18(8-6-16)19-12-20-23(30)28(10-11-29(20)25-19)14-21-24-22(31-26-21)15-27-9-3-4-17(2)13-27/h5-8,10-12,17H,3-4,9,13-15H2,1-2H3/t17-/m0/s1. The maximum absolute atomic E-state index is 13.0. The van der Waals surface area contributed by atoms with Crippen LogP contribution in [0.2, 0.25) is 0 Å². The Morgan fingerprint density at radius 1 is 1.16 bits per heavy atom. The molecule has 1 aliphatic heterocycles. The summed E-state index contributed by atoms with van der Waals surface area (Å²) in [7, 11) is 0. The summed E-state index contributed by atoms with van der Waals surface area (Å²) >= 11 is 0. The second kappa shape index (κ2) is 8.11. The van der Waals surface area contributed by atoms with Crippen LogP contribution in [0.5, 0.6) is 0 Å². The molecule has 0 unspecified atom stereocenters. The number of likely N-dealkylation sites (tertiary alicyclic amines) is 1. The maximum Gasteiger partial charge on any atom is 0.277 e. The van der Waals surface area contributed by atoms with Crippen molar-refractivity contribution in [1.82, 2.24) is 29.2 Å². The van der Waals surface area contributed by atoms with Gasteiger partial charge in [0.05, 0.1) is 18.8 Å². The van der Waals surface area contributed by atoms with E-state index in [0.29, 0.717) is 29.7 Å². The average molecular weight is 419 g/mol. The van der Waals surface area contributed by atoms with Gasteiger partial charge in [0, 0.05) is 24.5 Å². The normalized spacial score (nSPS) is 17.4. The van der Waals surface area contributed by atoms with Crippen LogP contribution in [0.3, 0.4) is 0 Å². The summed E-state index contributed by atoms with van der Waals surface area (Å²) in [5, 5.41) is 8.63. The van der Waals surface area contributed by atoms with Gasteiger partial charge < -0.3 is 9.09 Å². The third-order valence-electron chi connectivity index (χ3n) is 5.87. The van der Waals surface area contributed by atoms with E-state index in [4.69, 9.17) is 4.52 Å². The van der Waals surface area contributed by atoms with Crippen LogP contribution in [-0.2, 0) is 13.1 Å². The molecular weight excluding hydrogens is 392 g/mol. The lowest BCUT2D eigenvalue weighted by Crippen LogP contribution is -2.33. The highest BCUT2D eigenvalue weighted by atomic mass is 16.5. The van der Waals surface area contributed by atoms with Gasteiger partial charge in [0.1, 0.15) is 5.52 Å². The van der Waals surface area contributed by atoms with Crippen molar-refractivity contribution < 1.29 is 4.52 Å². The molecule has 0 aliphatic carbocycles. The van der Waals surface area contributed by atoms with Crippen LogP contribution >= 0.6 is 0 Å². The molecule has 0 N–H and O–H groups in total. The Kier molecular flexibility index (Phi) is 5.15. The van der Waals surface area contributed by atoms with E-state index in [-0.39, 0.29) is 12.1 Å². The highest BCUT2D eigenvalue weighted by Gasteiger charge is 2.19. The van der Waals surface area contributed by atoms with Crippen molar-refractivity contribution in [3.05, 3.63) is 70.4 Å². The Morgan fingerprint density at radius 3 is 2.81 bits per heavy atom. The van der Waals surface area contributed by atoms with Crippen LogP contribution in [0.25, 0.3) is 16.8 Å². The smallest absolute Gasteiger partial charge is 0.277 e. The number of hydrogen-bond donors (Lipinski definition) is 0. The van der Waals surface area contributed by atoms with Crippen LogP contribution < -0.4 is 5.56 Å². The molecule has 0 radical (unpaired) electrons. The lowest BCUT2D eigenvalue weighted by atomic mass is 10.0. The van der Waals surface area contributed by atoms with E-state index in [9.17, 15) is 4.79 Å². The third kappa shape index (κ3) is 4.16. The van der Waals surface area contributed by atoms with Gasteiger partial charge in [-0.15, -0.1) is 0 Å². The summed E-state index contributed by atoms with van der Waals surface area (Å²) in [5.74, 6) is 1.80. The lowest BCUT2D eigenvalue weighted by molar-refractivity contribution is 0.157. The van der Waals surface area contributed by atoms with Gasteiger partial charge in [0.25, 0.3) is 5.56 Å². The van der Waals surface area contributed by atoms with Crippen LogP contribution in [0.15, 0.2) is 52.0 Å². The molecule has 8 nitrogen and oxygen atoms in total. The van der Waals surface area contributed by atoms with Crippen molar-refractivity contribution in [3.63, 3.8) is 0 Å². The quantitative estimate of drug-likeness (QED) is 0.495. The van der Waals surface area contributed by atoms with Crippen molar-refractivity contribution in [1.29, 1.82) is 0 Å². The van der Waals surface area contributed by atoms with E-state index < -0.39 is 0 Å². The van der Waals surface area contributed by atoms with E-state index in [1.165, 1.54) is 18.4 Å². The summed E-state index contributed by atoms with van der Waals surface area (Å²) < 4.78 is 8.65. The first-order valence-corrected chi connectivity index (χ1v) is 10.7. The highest BCUT2D eigenvalue weighted by Crippen LogP contribution is 2.19. The van der Waals surface area contributed by atoms with Crippen molar-refractivity contribution >= 4 is 5.52 Å². The number of benzene rings is 1. The van der Waals surface area contributed by atoms with Crippen molar-refractivity contribution in [2.75, 3.05) is 13.1 Å². The minimum atomic E-state index is -0.135. The Balaban J connectivity index is 1.35. The molecule has 4 aromatic rings. The molecule has 0 amide bonds. The number of piperidine rings is 1. The summed E-state index contributed by atoms with van der Waals surface area (Å²) in [5.41, 5.74) is 3.32. The Hall–Kier alpha value is -3.26. The fourth-order valence-corrected chi connectivity index (χ4v) is 4.21. The molecule has 0 spiro atoms. The number of fused-ring (bicyclic) bond motifs is 1. The predicted octanol–water partition coefficient (Wildman–Crippen LogP) is 3.13. The van der Waals surface area contributed by atoms with Gasteiger partial charge in [-0.05, 0) is 38.3 Å². The molecule has 1 atom stereocenters. The van der Waals surface area contributed by atoms with Crippen molar-refractivity contribution in [2.45, 2.75) is 39.8 Å². The van der Waals surface area contributed by atoms with Gasteiger partial charge in [-0.25, -0.2) is 4.52 Å². The van der Waals surface area contributed by atoms with Gasteiger partial charge in [-0.2, -0.15) is 10.1 Å². The van der Waals surface area contributed by atoms with E-state index >= 15 is 0 Å². The Labute approximate surface area is 180 Å². The first-order chi connectivity index (χ1) is 15.0. The van der Waals surface area contributed by atoms with Crippen LogP contribution in [0.4, 0.5) is 0 Å². The summed E-state index contributed by atoms with van der Waals surface area (Å²) in [6, 6.07) is 9.92. The molecule has 31 heavy (non-hydrogen) atoms. The molecule has 3 aromatic heterocycles. The minimum Gasteiger partial charge on any atom is -0.338 e. The first kappa shape index (κ1) is 19.7. The van der Waals surface area contributed by atoms with Gasteiger partial charge >= 0.3 is 0 Å². The minimum absolute atomic E-state index is 0.135. The van der Waals surface area contributed by atoms with E-state index in [1.807, 2.05) is 37.3 Å². The molecule has 0 saturated carbocycles. The second-order valence-electron chi connectivity index (χ2n) is 8.54. The largest absolute Gasteiger partial charge is 0.338 e. The average Bonchev–Trinajstić information content (AvgIpc) is 3.38. The van der Waals surface area contributed by atoms with Crippen LogP contribution in [0.1, 0.15) is 37.0 Å². The molecule has 4 heterocycles. The Bertz CT molecular complexity index is 1250. The van der Waals surface area contributed by atoms with Gasteiger partial charge in [0.15, 0.2) is 5.82 Å². The monoisotopic (exact) mass is 418 g/mol. The topological polar surface area (TPSA) is 81.5 Å². The van der Waals surface area contributed by atoms with E-state index in [1.54, 1.807) is 21.5 Å². The molecule has 8 heteroatoms. The highest BCUT2D eigenvalue weighted by molar-refractivity contribution is 5.65. The second-order valence-corrected chi connectivity index (χ2v) is 8.54. The summed E-state index contributed by atoms with van der Waals surface area (Å²) in [6.07, 6.45) is 5.97. The molecule has 1 fully saturated rings. The zero-order chi connectivity index (χ0) is 21.4. The van der Waals surface area contributed by atoms with Crippen LogP contribution in [-0.4, -0.2) is 42.3 Å². The van der Waals surface area contributed by atoms with Gasteiger partial charge in [-0.3, -0.25) is 9.69 Å². The summed E-state index contributed by atoms with van der Waals surface area (Å²) in [6.45, 7) is 7.35. The molecule has 5 rings (SSSR count). The predicted molar refractivity (Wildman–Crippen MR) is 117 cm³/mol. The first-order valence-electron chi connectivity index (χ1n) is 10.7. The fourth-order valence-electron chi connectivity index (χ4n) is 4.21. The fraction of sp³-hybridized carbons (Fsp3) is 0.391. The molecule has 160 valence electrons. The maximum atomic E-state index is 13.0.